The highest BCUT2D eigenvalue weighted by Gasteiger charge is 2.05. The molecule has 22 heavy (non-hydrogen) atoms. The van der Waals surface area contributed by atoms with Crippen LogP contribution < -0.4 is 10.6 Å². The number of hydrogen-bond donors (Lipinski definition) is 2. The zero-order valence-corrected chi connectivity index (χ0v) is 14.1. The Hall–Kier alpha value is -2.04. The van der Waals surface area contributed by atoms with Gasteiger partial charge in [0.25, 0.3) is 0 Å². The van der Waals surface area contributed by atoms with Gasteiger partial charge in [-0.05, 0) is 18.9 Å². The molecule has 0 atom stereocenters. The number of hydrogen-bond acceptors (Lipinski definition) is 2. The number of nitrogens with one attached hydrogen (secondary N) is 2. The first-order valence-corrected chi connectivity index (χ1v) is 7.80. The van der Waals surface area contributed by atoms with Gasteiger partial charge in [0, 0.05) is 20.6 Å². The molecule has 122 valence electrons. The lowest BCUT2D eigenvalue weighted by Gasteiger charge is -2.15. The van der Waals surface area contributed by atoms with Gasteiger partial charge < -0.3 is 15.5 Å². The van der Waals surface area contributed by atoms with Crippen LogP contribution in [0.15, 0.2) is 29.3 Å². The van der Waals surface area contributed by atoms with Crippen LogP contribution in [0, 0.1) is 6.92 Å². The molecule has 0 aliphatic heterocycles. The van der Waals surface area contributed by atoms with Crippen molar-refractivity contribution in [3.63, 3.8) is 0 Å². The molecular weight excluding hydrogens is 276 g/mol. The normalized spacial score (nSPS) is 11.2. The molecule has 1 amide bonds. The zero-order chi connectivity index (χ0) is 16.4. The molecule has 0 saturated carbocycles. The summed E-state index contributed by atoms with van der Waals surface area (Å²) in [5, 5.41) is 6.36. The second kappa shape index (κ2) is 9.82. The van der Waals surface area contributed by atoms with Crippen LogP contribution >= 0.6 is 0 Å². The lowest BCUT2D eigenvalue weighted by atomic mass is 10.1. The molecule has 0 aromatic heterocycles. The lowest BCUT2D eigenvalue weighted by molar-refractivity contribution is -0.127. The van der Waals surface area contributed by atoms with Crippen molar-refractivity contribution in [3.8, 4) is 0 Å². The number of nitrogens with zero attached hydrogens (tertiary/aromatic N) is 2. The van der Waals surface area contributed by atoms with Crippen molar-refractivity contribution in [2.75, 3.05) is 27.2 Å². The van der Waals surface area contributed by atoms with E-state index in [0.29, 0.717) is 12.5 Å². The van der Waals surface area contributed by atoms with E-state index >= 15 is 0 Å². The standard InChI is InChI=1S/C17H28N4O/c1-5-6-10-18-17(20-13-16(22)21(3)4)19-12-15-9-7-8-14(2)11-15/h7-9,11H,5-6,10,12-13H2,1-4H3,(H2,18,19,20). The monoisotopic (exact) mass is 304 g/mol. The van der Waals surface area contributed by atoms with E-state index in [2.05, 4.69) is 47.7 Å². The fourth-order valence-corrected chi connectivity index (χ4v) is 1.86. The quantitative estimate of drug-likeness (QED) is 0.460. The summed E-state index contributed by atoms with van der Waals surface area (Å²) >= 11 is 0. The highest BCUT2D eigenvalue weighted by Crippen LogP contribution is 2.04. The summed E-state index contributed by atoms with van der Waals surface area (Å²) in [6.45, 7) is 5.92. The van der Waals surface area contributed by atoms with Gasteiger partial charge in [0.05, 0.1) is 13.1 Å². The van der Waals surface area contributed by atoms with Crippen molar-refractivity contribution in [1.29, 1.82) is 0 Å². The third-order valence-corrected chi connectivity index (χ3v) is 3.23. The van der Waals surface area contributed by atoms with Crippen LogP contribution in [0.25, 0.3) is 0 Å². The number of benzene rings is 1. The van der Waals surface area contributed by atoms with Gasteiger partial charge >= 0.3 is 0 Å². The molecule has 1 aromatic carbocycles. The van der Waals surface area contributed by atoms with Gasteiger partial charge in [-0.2, -0.15) is 0 Å². The van der Waals surface area contributed by atoms with Crippen LogP contribution in [0.5, 0.6) is 0 Å². The molecule has 0 unspecified atom stereocenters. The highest BCUT2D eigenvalue weighted by atomic mass is 16.2. The van der Waals surface area contributed by atoms with E-state index in [1.807, 2.05) is 6.07 Å². The van der Waals surface area contributed by atoms with Crippen LogP contribution in [0.1, 0.15) is 30.9 Å². The number of aliphatic imine (C=N–C) groups is 1. The Morgan fingerprint density at radius 3 is 2.68 bits per heavy atom. The average Bonchev–Trinajstić information content (AvgIpc) is 2.49. The summed E-state index contributed by atoms with van der Waals surface area (Å²) in [5.41, 5.74) is 2.39. The summed E-state index contributed by atoms with van der Waals surface area (Å²) in [6, 6.07) is 8.29. The molecule has 5 heteroatoms. The minimum absolute atomic E-state index is 0.0283. The van der Waals surface area contributed by atoms with Crippen LogP contribution in [-0.4, -0.2) is 44.0 Å². The number of carbonyl (C=O) groups is 1. The number of guanidine groups is 1. The smallest absolute Gasteiger partial charge is 0.241 e. The Bertz CT molecular complexity index is 497. The molecule has 0 radical (unpaired) electrons. The van der Waals surface area contributed by atoms with E-state index in [1.54, 1.807) is 19.0 Å². The van der Waals surface area contributed by atoms with Crippen molar-refractivity contribution < 1.29 is 4.79 Å². The Morgan fingerprint density at radius 1 is 1.27 bits per heavy atom. The first-order chi connectivity index (χ1) is 10.5. The molecule has 0 saturated heterocycles. The maximum Gasteiger partial charge on any atom is 0.241 e. The molecule has 0 spiro atoms. The van der Waals surface area contributed by atoms with Gasteiger partial charge in [0.2, 0.25) is 5.91 Å². The van der Waals surface area contributed by atoms with Gasteiger partial charge in [-0.25, -0.2) is 4.99 Å². The topological polar surface area (TPSA) is 56.7 Å². The van der Waals surface area contributed by atoms with Crippen LogP contribution in [0.4, 0.5) is 0 Å². The number of carbonyl (C=O) groups excluding carboxylic acids is 1. The van der Waals surface area contributed by atoms with Crippen LogP contribution in [0.3, 0.4) is 0 Å². The summed E-state index contributed by atoms with van der Waals surface area (Å²) in [6.07, 6.45) is 2.20. The van der Waals surface area contributed by atoms with Gasteiger partial charge in [-0.1, -0.05) is 43.2 Å². The zero-order valence-electron chi connectivity index (χ0n) is 14.1. The largest absolute Gasteiger partial charge is 0.356 e. The SMILES string of the molecule is CCCCNC(=NCc1cccc(C)c1)NCC(=O)N(C)C. The number of rotatable bonds is 7. The minimum Gasteiger partial charge on any atom is -0.356 e. The first-order valence-electron chi connectivity index (χ1n) is 7.80. The fourth-order valence-electron chi connectivity index (χ4n) is 1.86. The van der Waals surface area contributed by atoms with Gasteiger partial charge in [-0.3, -0.25) is 4.79 Å². The van der Waals surface area contributed by atoms with E-state index in [4.69, 9.17) is 0 Å². The molecule has 1 rings (SSSR count). The van der Waals surface area contributed by atoms with Crippen molar-refractivity contribution in [3.05, 3.63) is 35.4 Å². The summed E-state index contributed by atoms with van der Waals surface area (Å²) in [5.74, 6) is 0.714. The Labute approximate surface area is 133 Å². The van der Waals surface area contributed by atoms with E-state index in [0.717, 1.165) is 24.9 Å². The van der Waals surface area contributed by atoms with Crippen molar-refractivity contribution >= 4 is 11.9 Å². The van der Waals surface area contributed by atoms with E-state index in [-0.39, 0.29) is 12.5 Å². The first kappa shape index (κ1) is 18.0. The number of unbranched alkanes of at least 4 members (excludes halogenated alkanes) is 1. The van der Waals surface area contributed by atoms with Gasteiger partial charge in [-0.15, -0.1) is 0 Å². The summed E-state index contributed by atoms with van der Waals surface area (Å²) in [7, 11) is 3.50. The maximum absolute atomic E-state index is 11.7. The maximum atomic E-state index is 11.7. The molecule has 0 aliphatic rings. The number of aryl methyl sites for hydroxylation is 1. The molecule has 5 nitrogen and oxygen atoms in total. The number of likely N-dealkylation sites (N-methyl/N-ethyl adjacent to an activating group) is 1. The van der Waals surface area contributed by atoms with E-state index < -0.39 is 0 Å². The third kappa shape index (κ3) is 7.11. The minimum atomic E-state index is 0.0283. The van der Waals surface area contributed by atoms with Gasteiger partial charge in [0.1, 0.15) is 0 Å². The van der Waals surface area contributed by atoms with Crippen molar-refractivity contribution in [1.82, 2.24) is 15.5 Å². The Morgan fingerprint density at radius 2 is 2.05 bits per heavy atom. The van der Waals surface area contributed by atoms with Crippen molar-refractivity contribution in [2.24, 2.45) is 4.99 Å². The number of amides is 1. The van der Waals surface area contributed by atoms with Crippen molar-refractivity contribution in [2.45, 2.75) is 33.2 Å². The molecule has 0 fully saturated rings. The Kier molecular flexibility index (Phi) is 8.04. The lowest BCUT2D eigenvalue weighted by Crippen LogP contribution is -2.43. The van der Waals surface area contributed by atoms with Crippen LogP contribution in [-0.2, 0) is 11.3 Å². The fraction of sp³-hybridized carbons (Fsp3) is 0.529. The second-order valence-electron chi connectivity index (χ2n) is 5.58. The molecule has 2 N–H and O–H groups in total. The molecule has 0 aliphatic carbocycles. The average molecular weight is 304 g/mol. The highest BCUT2D eigenvalue weighted by molar-refractivity contribution is 5.86. The predicted molar refractivity (Wildman–Crippen MR) is 91.9 cm³/mol. The second-order valence-corrected chi connectivity index (χ2v) is 5.58. The Balaban J connectivity index is 2.62. The van der Waals surface area contributed by atoms with E-state index in [1.165, 1.54) is 5.56 Å². The predicted octanol–water partition coefficient (Wildman–Crippen LogP) is 1.92. The van der Waals surface area contributed by atoms with Crippen LogP contribution in [0.2, 0.25) is 0 Å². The molecular formula is C17H28N4O. The molecule has 1 aromatic rings. The molecule has 0 heterocycles. The van der Waals surface area contributed by atoms with E-state index in [9.17, 15) is 4.79 Å². The third-order valence-electron chi connectivity index (χ3n) is 3.23. The summed E-state index contributed by atoms with van der Waals surface area (Å²) in [4.78, 5) is 17.8. The summed E-state index contributed by atoms with van der Waals surface area (Å²) < 4.78 is 0. The molecule has 0 bridgehead atoms. The van der Waals surface area contributed by atoms with Gasteiger partial charge in [0.15, 0.2) is 5.96 Å².